The molecule has 0 heterocycles. The van der Waals surface area contributed by atoms with Crippen molar-refractivity contribution in [2.75, 3.05) is 27.0 Å². The monoisotopic (exact) mass is 277 g/mol. The lowest BCUT2D eigenvalue weighted by Gasteiger charge is -2.16. The molecule has 18 heavy (non-hydrogen) atoms. The number of sulfone groups is 1. The fourth-order valence-corrected chi connectivity index (χ4v) is 2.35. The Balaban J connectivity index is 3.38. The van der Waals surface area contributed by atoms with Gasteiger partial charge < -0.3 is 15.2 Å². The van der Waals surface area contributed by atoms with Crippen LogP contribution in [0.2, 0.25) is 0 Å². The minimum Gasteiger partial charge on any atom is -0.493 e. The maximum Gasteiger partial charge on any atom is 0.184 e. The summed E-state index contributed by atoms with van der Waals surface area (Å²) in [7, 11) is -0.815. The summed E-state index contributed by atoms with van der Waals surface area (Å²) in [6.45, 7) is 0.202. The SMILES string of the molecule is CNCC(O)c1ccc(S(C)(=O)=O)c(F)c1OC. The molecule has 0 saturated carbocycles. The number of likely N-dealkylation sites (N-methyl/N-ethyl adjacent to an activating group) is 1. The molecule has 0 aliphatic rings. The van der Waals surface area contributed by atoms with Gasteiger partial charge in [-0.25, -0.2) is 12.8 Å². The molecular formula is C11H16FNO4S. The molecule has 0 radical (unpaired) electrons. The molecule has 1 atom stereocenters. The van der Waals surface area contributed by atoms with Crippen LogP contribution in [0.5, 0.6) is 5.75 Å². The molecular weight excluding hydrogens is 261 g/mol. The van der Waals surface area contributed by atoms with Crippen molar-refractivity contribution in [3.63, 3.8) is 0 Å². The number of aliphatic hydroxyl groups is 1. The Bertz CT molecular complexity index is 530. The molecule has 0 aromatic heterocycles. The molecule has 1 unspecified atom stereocenters. The average Bonchev–Trinajstić information content (AvgIpc) is 2.27. The zero-order chi connectivity index (χ0) is 13.9. The highest BCUT2D eigenvalue weighted by Crippen LogP contribution is 2.32. The Kier molecular flexibility index (Phi) is 4.66. The van der Waals surface area contributed by atoms with Gasteiger partial charge in [0.1, 0.15) is 4.90 Å². The van der Waals surface area contributed by atoms with Crippen LogP contribution in [0.25, 0.3) is 0 Å². The number of aliphatic hydroxyl groups excluding tert-OH is 1. The predicted octanol–water partition coefficient (Wildman–Crippen LogP) is 0.491. The van der Waals surface area contributed by atoms with E-state index in [4.69, 9.17) is 4.74 Å². The van der Waals surface area contributed by atoms with Crippen LogP contribution >= 0.6 is 0 Å². The molecule has 2 N–H and O–H groups in total. The van der Waals surface area contributed by atoms with Gasteiger partial charge in [-0.1, -0.05) is 6.07 Å². The highest BCUT2D eigenvalue weighted by molar-refractivity contribution is 7.90. The van der Waals surface area contributed by atoms with Crippen molar-refractivity contribution in [2.45, 2.75) is 11.0 Å². The molecule has 0 fully saturated rings. The molecule has 1 aromatic carbocycles. The van der Waals surface area contributed by atoms with Gasteiger partial charge in [0.15, 0.2) is 21.4 Å². The van der Waals surface area contributed by atoms with Gasteiger partial charge >= 0.3 is 0 Å². The summed E-state index contributed by atoms with van der Waals surface area (Å²) in [6, 6.07) is 2.47. The Morgan fingerprint density at radius 1 is 1.50 bits per heavy atom. The maximum absolute atomic E-state index is 14.0. The van der Waals surface area contributed by atoms with Gasteiger partial charge in [-0.15, -0.1) is 0 Å². The van der Waals surface area contributed by atoms with Gasteiger partial charge in [-0.05, 0) is 13.1 Å². The lowest BCUT2D eigenvalue weighted by Crippen LogP contribution is -2.18. The number of hydrogen-bond donors (Lipinski definition) is 2. The molecule has 0 aliphatic heterocycles. The summed E-state index contributed by atoms with van der Waals surface area (Å²) >= 11 is 0. The molecule has 102 valence electrons. The van der Waals surface area contributed by atoms with Crippen LogP contribution in [0.15, 0.2) is 17.0 Å². The van der Waals surface area contributed by atoms with Crippen LogP contribution in [0.3, 0.4) is 0 Å². The van der Waals surface area contributed by atoms with Crippen LogP contribution in [-0.4, -0.2) is 40.5 Å². The topological polar surface area (TPSA) is 75.6 Å². The number of methoxy groups -OCH3 is 1. The molecule has 0 saturated heterocycles. The van der Waals surface area contributed by atoms with Crippen LogP contribution in [0, 0.1) is 5.82 Å². The van der Waals surface area contributed by atoms with E-state index in [-0.39, 0.29) is 17.9 Å². The van der Waals surface area contributed by atoms with Gasteiger partial charge in [0, 0.05) is 18.4 Å². The third-order valence-electron chi connectivity index (χ3n) is 2.45. The fourth-order valence-electron chi connectivity index (χ4n) is 1.61. The van der Waals surface area contributed by atoms with Crippen LogP contribution in [0.1, 0.15) is 11.7 Å². The molecule has 7 heteroatoms. The van der Waals surface area contributed by atoms with Gasteiger partial charge in [-0.3, -0.25) is 0 Å². The summed E-state index contributed by atoms with van der Waals surface area (Å²) in [5.74, 6) is -1.23. The van der Waals surface area contributed by atoms with Crippen LogP contribution in [0.4, 0.5) is 4.39 Å². The first-order chi connectivity index (χ1) is 8.32. The van der Waals surface area contributed by atoms with Gasteiger partial charge in [0.25, 0.3) is 0 Å². The first kappa shape index (κ1) is 14.9. The van der Waals surface area contributed by atoms with E-state index in [0.717, 1.165) is 12.3 Å². The standard InChI is InChI=1S/C11H16FNO4S/c1-13-6-8(14)7-4-5-9(18(3,15)16)10(12)11(7)17-2/h4-5,8,13-14H,6H2,1-3H3. The summed E-state index contributed by atoms with van der Waals surface area (Å²) in [4.78, 5) is -0.445. The van der Waals surface area contributed by atoms with Crippen molar-refractivity contribution < 1.29 is 22.7 Å². The Morgan fingerprint density at radius 2 is 2.11 bits per heavy atom. The fraction of sp³-hybridized carbons (Fsp3) is 0.455. The minimum atomic E-state index is -3.67. The molecule has 0 amide bonds. The normalized spacial score (nSPS) is 13.4. The van der Waals surface area contributed by atoms with Gasteiger partial charge in [-0.2, -0.15) is 0 Å². The van der Waals surface area contributed by atoms with E-state index in [1.54, 1.807) is 7.05 Å². The lowest BCUT2D eigenvalue weighted by atomic mass is 10.1. The van der Waals surface area contributed by atoms with Crippen LogP contribution in [-0.2, 0) is 9.84 Å². The quantitative estimate of drug-likeness (QED) is 0.819. The highest BCUT2D eigenvalue weighted by atomic mass is 32.2. The van der Waals surface area contributed by atoms with Crippen molar-refractivity contribution >= 4 is 9.84 Å². The second-order valence-corrected chi connectivity index (χ2v) is 5.83. The Morgan fingerprint density at radius 3 is 2.56 bits per heavy atom. The Labute approximate surface area is 106 Å². The van der Waals surface area contributed by atoms with Crippen molar-refractivity contribution in [1.29, 1.82) is 0 Å². The first-order valence-electron chi connectivity index (χ1n) is 5.22. The largest absolute Gasteiger partial charge is 0.493 e. The molecule has 5 nitrogen and oxygen atoms in total. The summed E-state index contributed by atoms with van der Waals surface area (Å²) in [5.41, 5.74) is 0.205. The third-order valence-corrected chi connectivity index (χ3v) is 3.57. The second-order valence-electron chi connectivity index (χ2n) is 3.85. The van der Waals surface area contributed by atoms with Crippen molar-refractivity contribution in [3.05, 3.63) is 23.5 Å². The van der Waals surface area contributed by atoms with E-state index in [1.807, 2.05) is 0 Å². The summed E-state index contributed by atoms with van der Waals surface area (Å²) in [6.07, 6.45) is -0.0674. The van der Waals surface area contributed by atoms with E-state index in [9.17, 15) is 17.9 Å². The van der Waals surface area contributed by atoms with Crippen molar-refractivity contribution in [1.82, 2.24) is 5.32 Å². The highest BCUT2D eigenvalue weighted by Gasteiger charge is 2.23. The first-order valence-corrected chi connectivity index (χ1v) is 7.11. The number of ether oxygens (including phenoxy) is 1. The summed E-state index contributed by atoms with van der Waals surface area (Å²) < 4.78 is 41.6. The Hall–Kier alpha value is -1.18. The zero-order valence-corrected chi connectivity index (χ0v) is 11.2. The maximum atomic E-state index is 14.0. The molecule has 1 rings (SSSR count). The molecule has 1 aromatic rings. The number of benzene rings is 1. The second kappa shape index (κ2) is 5.64. The van der Waals surface area contributed by atoms with Gasteiger partial charge in [0.2, 0.25) is 0 Å². The number of halogens is 1. The summed E-state index contributed by atoms with van der Waals surface area (Å²) in [5, 5.41) is 12.5. The van der Waals surface area contributed by atoms with Crippen molar-refractivity contribution in [3.8, 4) is 5.75 Å². The molecule has 0 aliphatic carbocycles. The predicted molar refractivity (Wildman–Crippen MR) is 64.9 cm³/mol. The van der Waals surface area contributed by atoms with Crippen LogP contribution < -0.4 is 10.1 Å². The zero-order valence-electron chi connectivity index (χ0n) is 10.4. The van der Waals surface area contributed by atoms with E-state index in [1.165, 1.54) is 13.2 Å². The lowest BCUT2D eigenvalue weighted by molar-refractivity contribution is 0.172. The molecule has 0 spiro atoms. The van der Waals surface area contributed by atoms with Gasteiger partial charge in [0.05, 0.1) is 13.2 Å². The smallest absolute Gasteiger partial charge is 0.184 e. The van der Waals surface area contributed by atoms with E-state index in [0.29, 0.717) is 0 Å². The number of rotatable bonds is 5. The van der Waals surface area contributed by atoms with E-state index >= 15 is 0 Å². The van der Waals surface area contributed by atoms with Crippen molar-refractivity contribution in [2.24, 2.45) is 0 Å². The number of hydrogen-bond acceptors (Lipinski definition) is 5. The third kappa shape index (κ3) is 2.98. The van der Waals surface area contributed by atoms with E-state index in [2.05, 4.69) is 5.32 Å². The van der Waals surface area contributed by atoms with E-state index < -0.39 is 26.7 Å². The molecule has 0 bridgehead atoms. The average molecular weight is 277 g/mol. The minimum absolute atomic E-state index is 0.202. The number of nitrogens with one attached hydrogen (secondary N) is 1.